The number of nitrogens with one attached hydrogen (secondary N) is 1. The van der Waals surface area contributed by atoms with Gasteiger partial charge >= 0.3 is 0 Å². The number of rotatable bonds is 4. The Morgan fingerprint density at radius 1 is 1.62 bits per heavy atom. The Balaban J connectivity index is 2.55. The van der Waals surface area contributed by atoms with E-state index < -0.39 is 0 Å². The molecule has 0 spiro atoms. The van der Waals surface area contributed by atoms with Crippen LogP contribution in [-0.2, 0) is 0 Å². The molecule has 0 aliphatic heterocycles. The van der Waals surface area contributed by atoms with Crippen LogP contribution in [0.1, 0.15) is 18.5 Å². The van der Waals surface area contributed by atoms with E-state index in [1.807, 2.05) is 13.0 Å². The lowest BCUT2D eigenvalue weighted by molar-refractivity contribution is 0.286. The summed E-state index contributed by atoms with van der Waals surface area (Å²) in [7, 11) is 0. The van der Waals surface area contributed by atoms with Crippen molar-refractivity contribution in [3.05, 3.63) is 29.0 Å². The van der Waals surface area contributed by atoms with E-state index in [1.54, 1.807) is 12.3 Å². The number of aromatic nitrogens is 1. The predicted octanol–water partition coefficient (Wildman–Crippen LogP) is 1.38. The second kappa shape index (κ2) is 5.17. The van der Waals surface area contributed by atoms with Gasteiger partial charge in [-0.3, -0.25) is 0 Å². The molecule has 0 bridgehead atoms. The Morgan fingerprint density at radius 2 is 2.38 bits per heavy atom. The van der Waals surface area contributed by atoms with E-state index in [0.29, 0.717) is 11.7 Å². The maximum absolute atomic E-state index is 8.61. The molecule has 1 aromatic rings. The van der Waals surface area contributed by atoms with Crippen LogP contribution in [0.3, 0.4) is 0 Å². The van der Waals surface area contributed by atoms with Crippen LogP contribution in [0.15, 0.2) is 18.3 Å². The molecular formula is C9H13ClN2O. The van der Waals surface area contributed by atoms with Gasteiger partial charge in [0.1, 0.15) is 5.15 Å². The summed E-state index contributed by atoms with van der Waals surface area (Å²) in [6.45, 7) is 2.75. The minimum Gasteiger partial charge on any atom is -0.395 e. The highest BCUT2D eigenvalue weighted by Crippen LogP contribution is 2.12. The summed E-state index contributed by atoms with van der Waals surface area (Å²) in [5.74, 6) is 0. The summed E-state index contributed by atoms with van der Waals surface area (Å²) in [5.41, 5.74) is 1.07. The zero-order chi connectivity index (χ0) is 9.68. The highest BCUT2D eigenvalue weighted by Gasteiger charge is 2.03. The largest absolute Gasteiger partial charge is 0.395 e. The summed E-state index contributed by atoms with van der Waals surface area (Å²) >= 11 is 5.65. The first-order valence-corrected chi connectivity index (χ1v) is 4.57. The maximum atomic E-state index is 8.61. The number of aliphatic hydroxyl groups excluding tert-OH is 1. The van der Waals surface area contributed by atoms with Crippen molar-refractivity contribution in [3.63, 3.8) is 0 Å². The van der Waals surface area contributed by atoms with Gasteiger partial charge in [0.15, 0.2) is 0 Å². The van der Waals surface area contributed by atoms with Gasteiger partial charge in [0.05, 0.1) is 6.61 Å². The van der Waals surface area contributed by atoms with Gasteiger partial charge in [-0.05, 0) is 18.6 Å². The fourth-order valence-electron chi connectivity index (χ4n) is 1.04. The molecule has 0 radical (unpaired) electrons. The number of halogens is 1. The van der Waals surface area contributed by atoms with Crippen molar-refractivity contribution in [1.29, 1.82) is 0 Å². The van der Waals surface area contributed by atoms with E-state index in [2.05, 4.69) is 10.3 Å². The summed E-state index contributed by atoms with van der Waals surface area (Å²) in [5, 5.41) is 12.2. The van der Waals surface area contributed by atoms with Gasteiger partial charge in [0.25, 0.3) is 0 Å². The monoisotopic (exact) mass is 200 g/mol. The minimum atomic E-state index is 0.144. The standard InChI is InChI=1S/C9H13ClN2O/c1-7(11-4-5-13)8-2-3-9(10)12-6-8/h2-3,6-7,11,13H,4-5H2,1H3. The van der Waals surface area contributed by atoms with Gasteiger partial charge in [0.2, 0.25) is 0 Å². The topological polar surface area (TPSA) is 45.1 Å². The molecule has 0 fully saturated rings. The van der Waals surface area contributed by atoms with Crippen molar-refractivity contribution in [1.82, 2.24) is 10.3 Å². The molecule has 1 atom stereocenters. The Morgan fingerprint density at radius 3 is 2.92 bits per heavy atom. The van der Waals surface area contributed by atoms with Crippen LogP contribution in [0.25, 0.3) is 0 Å². The van der Waals surface area contributed by atoms with E-state index >= 15 is 0 Å². The van der Waals surface area contributed by atoms with Crippen molar-refractivity contribution in [3.8, 4) is 0 Å². The van der Waals surface area contributed by atoms with Gasteiger partial charge < -0.3 is 10.4 Å². The first-order chi connectivity index (χ1) is 6.24. The Kier molecular flexibility index (Phi) is 4.15. The molecule has 4 heteroatoms. The molecule has 1 aromatic heterocycles. The summed E-state index contributed by atoms with van der Waals surface area (Å²) < 4.78 is 0. The number of aliphatic hydroxyl groups is 1. The quantitative estimate of drug-likeness (QED) is 0.722. The molecule has 1 rings (SSSR count). The average molecular weight is 201 g/mol. The van der Waals surface area contributed by atoms with E-state index in [4.69, 9.17) is 16.7 Å². The van der Waals surface area contributed by atoms with E-state index in [0.717, 1.165) is 5.56 Å². The van der Waals surface area contributed by atoms with Gasteiger partial charge in [-0.1, -0.05) is 17.7 Å². The fourth-order valence-corrected chi connectivity index (χ4v) is 1.15. The molecule has 1 heterocycles. The zero-order valence-electron chi connectivity index (χ0n) is 7.50. The smallest absolute Gasteiger partial charge is 0.129 e. The van der Waals surface area contributed by atoms with Crippen LogP contribution in [-0.4, -0.2) is 23.2 Å². The van der Waals surface area contributed by atoms with Crippen molar-refractivity contribution in [2.75, 3.05) is 13.2 Å². The van der Waals surface area contributed by atoms with Crippen LogP contribution in [0.2, 0.25) is 5.15 Å². The normalized spacial score (nSPS) is 12.8. The molecule has 0 aromatic carbocycles. The van der Waals surface area contributed by atoms with Crippen molar-refractivity contribution >= 4 is 11.6 Å². The molecule has 72 valence electrons. The van der Waals surface area contributed by atoms with Crippen LogP contribution < -0.4 is 5.32 Å². The lowest BCUT2D eigenvalue weighted by Crippen LogP contribution is -2.22. The summed E-state index contributed by atoms with van der Waals surface area (Å²) in [6.07, 6.45) is 1.73. The van der Waals surface area contributed by atoms with Crippen LogP contribution in [0, 0.1) is 0 Å². The third-order valence-electron chi connectivity index (χ3n) is 1.81. The third-order valence-corrected chi connectivity index (χ3v) is 2.04. The lowest BCUT2D eigenvalue weighted by atomic mass is 10.1. The average Bonchev–Trinajstić information content (AvgIpc) is 2.15. The summed E-state index contributed by atoms with van der Waals surface area (Å²) in [4.78, 5) is 3.97. The Labute approximate surface area is 82.8 Å². The number of hydrogen-bond donors (Lipinski definition) is 2. The fraction of sp³-hybridized carbons (Fsp3) is 0.444. The van der Waals surface area contributed by atoms with Crippen LogP contribution >= 0.6 is 11.6 Å². The Hall–Kier alpha value is -0.640. The molecule has 13 heavy (non-hydrogen) atoms. The SMILES string of the molecule is CC(NCCO)c1ccc(Cl)nc1. The first-order valence-electron chi connectivity index (χ1n) is 4.19. The molecule has 2 N–H and O–H groups in total. The molecule has 0 aliphatic rings. The van der Waals surface area contributed by atoms with Gasteiger partial charge in [-0.25, -0.2) is 4.98 Å². The van der Waals surface area contributed by atoms with E-state index in [1.165, 1.54) is 0 Å². The number of hydrogen-bond acceptors (Lipinski definition) is 3. The van der Waals surface area contributed by atoms with Crippen molar-refractivity contribution < 1.29 is 5.11 Å². The van der Waals surface area contributed by atoms with Gasteiger partial charge in [-0.2, -0.15) is 0 Å². The van der Waals surface area contributed by atoms with Gasteiger partial charge in [0, 0.05) is 18.8 Å². The second-order valence-corrected chi connectivity index (χ2v) is 3.20. The first kappa shape index (κ1) is 10.4. The van der Waals surface area contributed by atoms with Crippen LogP contribution in [0.5, 0.6) is 0 Å². The lowest BCUT2D eigenvalue weighted by Gasteiger charge is -2.12. The van der Waals surface area contributed by atoms with Crippen LogP contribution in [0.4, 0.5) is 0 Å². The maximum Gasteiger partial charge on any atom is 0.129 e. The number of pyridine rings is 1. The molecule has 3 nitrogen and oxygen atoms in total. The zero-order valence-corrected chi connectivity index (χ0v) is 8.25. The predicted molar refractivity (Wildman–Crippen MR) is 52.8 cm³/mol. The highest BCUT2D eigenvalue weighted by molar-refractivity contribution is 6.29. The third kappa shape index (κ3) is 3.30. The molecule has 1 unspecified atom stereocenters. The van der Waals surface area contributed by atoms with Crippen molar-refractivity contribution in [2.45, 2.75) is 13.0 Å². The second-order valence-electron chi connectivity index (χ2n) is 2.81. The molecule has 0 saturated carbocycles. The Bertz CT molecular complexity index is 250. The van der Waals surface area contributed by atoms with Gasteiger partial charge in [-0.15, -0.1) is 0 Å². The molecular weight excluding hydrogens is 188 g/mol. The van der Waals surface area contributed by atoms with E-state index in [9.17, 15) is 0 Å². The number of nitrogens with zero attached hydrogens (tertiary/aromatic N) is 1. The molecule has 0 saturated heterocycles. The minimum absolute atomic E-state index is 0.144. The molecule has 0 aliphatic carbocycles. The van der Waals surface area contributed by atoms with Crippen molar-refractivity contribution in [2.24, 2.45) is 0 Å². The highest BCUT2D eigenvalue weighted by atomic mass is 35.5. The summed E-state index contributed by atoms with van der Waals surface area (Å²) in [6, 6.07) is 3.87. The van der Waals surface area contributed by atoms with E-state index in [-0.39, 0.29) is 12.6 Å². The molecule has 0 amide bonds.